The van der Waals surface area contributed by atoms with Crippen molar-refractivity contribution in [3.8, 4) is 61.6 Å². The molecule has 0 fully saturated rings. The first-order valence-corrected chi connectivity index (χ1v) is 18.9. The number of aromatic nitrogens is 3. The van der Waals surface area contributed by atoms with Gasteiger partial charge >= 0.3 is 0 Å². The lowest BCUT2D eigenvalue weighted by atomic mass is 9.95. The van der Waals surface area contributed by atoms with Gasteiger partial charge in [-0.1, -0.05) is 140 Å². The molecule has 4 heteroatoms. The van der Waals surface area contributed by atoms with Crippen molar-refractivity contribution in [3.05, 3.63) is 200 Å². The molecule has 0 aliphatic carbocycles. The van der Waals surface area contributed by atoms with E-state index in [4.69, 9.17) is 14.4 Å². The predicted molar refractivity (Wildman–Crippen MR) is 231 cm³/mol. The second-order valence-electron chi connectivity index (χ2n) is 14.2. The van der Waals surface area contributed by atoms with Crippen LogP contribution in [-0.2, 0) is 0 Å². The van der Waals surface area contributed by atoms with Crippen LogP contribution >= 0.6 is 0 Å². The number of nitrogens with zero attached hydrogens (tertiary/aromatic N) is 3. The van der Waals surface area contributed by atoms with Gasteiger partial charge < -0.3 is 4.42 Å². The first-order chi connectivity index (χ1) is 27.7. The molecule has 11 aromatic rings. The van der Waals surface area contributed by atoms with Crippen molar-refractivity contribution in [3.63, 3.8) is 0 Å². The normalized spacial score (nSPS) is 11.6. The lowest BCUT2D eigenvalue weighted by molar-refractivity contribution is 0.670. The maximum Gasteiger partial charge on any atom is 0.144 e. The highest BCUT2D eigenvalue weighted by Crippen LogP contribution is 2.39. The Balaban J connectivity index is 0.981. The Bertz CT molecular complexity index is 3250. The van der Waals surface area contributed by atoms with Crippen molar-refractivity contribution < 1.29 is 4.42 Å². The van der Waals surface area contributed by atoms with Crippen LogP contribution in [-0.4, -0.2) is 14.5 Å². The molecule has 0 radical (unpaired) electrons. The minimum absolute atomic E-state index is 0.803. The van der Waals surface area contributed by atoms with Crippen molar-refractivity contribution in [1.82, 2.24) is 14.5 Å². The van der Waals surface area contributed by atoms with Gasteiger partial charge in [0.15, 0.2) is 0 Å². The summed E-state index contributed by atoms with van der Waals surface area (Å²) in [5.41, 5.74) is 15.0. The molecule has 3 aromatic heterocycles. The molecule has 0 saturated carbocycles. The van der Waals surface area contributed by atoms with E-state index in [1.54, 1.807) is 6.33 Å². The van der Waals surface area contributed by atoms with Crippen molar-refractivity contribution in [2.24, 2.45) is 0 Å². The van der Waals surface area contributed by atoms with Gasteiger partial charge in [-0.15, -0.1) is 0 Å². The summed E-state index contributed by atoms with van der Waals surface area (Å²) in [5, 5.41) is 4.49. The third kappa shape index (κ3) is 5.39. The molecule has 56 heavy (non-hydrogen) atoms. The highest BCUT2D eigenvalue weighted by molar-refractivity contribution is 6.12. The minimum Gasteiger partial charge on any atom is -0.455 e. The maximum atomic E-state index is 6.64. The SMILES string of the molecule is c1ccc(-c2cccc(-c3cccc(-c4ccc5oc6c(-c7cc(-n8c9ccccc9c9cc(-c%10ccccc%10)ccc98)ncn7)cccc6c5c4)c3)c2)cc1. The van der Waals surface area contributed by atoms with Crippen LogP contribution in [0.4, 0.5) is 0 Å². The number of rotatable bonds is 6. The largest absolute Gasteiger partial charge is 0.455 e. The zero-order valence-corrected chi connectivity index (χ0v) is 30.3. The first kappa shape index (κ1) is 31.9. The Hall–Kier alpha value is -7.56. The molecule has 0 spiro atoms. The molecule has 0 aliphatic heterocycles. The van der Waals surface area contributed by atoms with Gasteiger partial charge in [0.25, 0.3) is 0 Å². The van der Waals surface area contributed by atoms with Gasteiger partial charge in [-0.3, -0.25) is 4.57 Å². The van der Waals surface area contributed by atoms with Crippen molar-refractivity contribution >= 4 is 43.7 Å². The van der Waals surface area contributed by atoms with E-state index in [0.29, 0.717) is 0 Å². The summed E-state index contributed by atoms with van der Waals surface area (Å²) < 4.78 is 8.87. The molecule has 0 atom stereocenters. The van der Waals surface area contributed by atoms with E-state index >= 15 is 0 Å². The van der Waals surface area contributed by atoms with Crippen LogP contribution in [0.5, 0.6) is 0 Å². The summed E-state index contributed by atoms with van der Waals surface area (Å²) in [4.78, 5) is 9.62. The zero-order valence-electron chi connectivity index (χ0n) is 30.3. The molecule has 0 unspecified atom stereocenters. The third-order valence-electron chi connectivity index (χ3n) is 10.9. The molecule has 0 bridgehead atoms. The van der Waals surface area contributed by atoms with Gasteiger partial charge in [0.05, 0.1) is 16.7 Å². The standard InChI is InChI=1S/C52H33N3O/c1-3-12-34(13-4-1)36-16-9-17-37(28-36)38-18-10-19-39(29-38)41-25-27-50-46(31-41)43-21-11-22-44(52(43)56-50)47-32-51(54-33-53-47)55-48-23-8-7-20-42(48)45-30-40(24-26-49(45)55)35-14-5-2-6-15-35/h1-33H. The Morgan fingerprint density at radius 2 is 0.893 bits per heavy atom. The quantitative estimate of drug-likeness (QED) is 0.172. The number of hydrogen-bond donors (Lipinski definition) is 0. The Labute approximate surface area is 323 Å². The molecule has 4 nitrogen and oxygen atoms in total. The fourth-order valence-electron chi connectivity index (χ4n) is 8.21. The summed E-state index contributed by atoms with van der Waals surface area (Å²) >= 11 is 0. The van der Waals surface area contributed by atoms with Crippen LogP contribution in [0.3, 0.4) is 0 Å². The molecule has 0 amide bonds. The topological polar surface area (TPSA) is 43.9 Å². The summed E-state index contributed by atoms with van der Waals surface area (Å²) in [6.45, 7) is 0. The molecule has 262 valence electrons. The monoisotopic (exact) mass is 715 g/mol. The van der Waals surface area contributed by atoms with Crippen molar-refractivity contribution in [1.29, 1.82) is 0 Å². The number of benzene rings is 8. The molecule has 0 saturated heterocycles. The maximum absolute atomic E-state index is 6.64. The zero-order chi connectivity index (χ0) is 37.0. The molecule has 3 heterocycles. The van der Waals surface area contributed by atoms with E-state index < -0.39 is 0 Å². The fourth-order valence-corrected chi connectivity index (χ4v) is 8.21. The number of fused-ring (bicyclic) bond motifs is 6. The predicted octanol–water partition coefficient (Wildman–Crippen LogP) is 13.8. The van der Waals surface area contributed by atoms with Crippen LogP contribution < -0.4 is 0 Å². The van der Waals surface area contributed by atoms with Crippen LogP contribution in [0, 0.1) is 0 Å². The summed E-state index contributed by atoms with van der Waals surface area (Å²) in [6, 6.07) is 68.7. The van der Waals surface area contributed by atoms with E-state index in [0.717, 1.165) is 61.2 Å². The van der Waals surface area contributed by atoms with Gasteiger partial charge in [-0.25, -0.2) is 9.97 Å². The lowest BCUT2D eigenvalue weighted by Gasteiger charge is -2.09. The highest BCUT2D eigenvalue weighted by Gasteiger charge is 2.18. The van der Waals surface area contributed by atoms with Gasteiger partial charge in [0.2, 0.25) is 0 Å². The molecule has 11 rings (SSSR count). The minimum atomic E-state index is 0.803. The van der Waals surface area contributed by atoms with Crippen molar-refractivity contribution in [2.45, 2.75) is 0 Å². The van der Waals surface area contributed by atoms with Crippen molar-refractivity contribution in [2.75, 3.05) is 0 Å². The van der Waals surface area contributed by atoms with E-state index in [1.165, 1.54) is 44.2 Å². The lowest BCUT2D eigenvalue weighted by Crippen LogP contribution is -1.99. The Morgan fingerprint density at radius 3 is 1.62 bits per heavy atom. The molecule has 0 aliphatic rings. The third-order valence-corrected chi connectivity index (χ3v) is 10.9. The van der Waals surface area contributed by atoms with Crippen LogP contribution in [0.2, 0.25) is 0 Å². The average molecular weight is 716 g/mol. The molecular weight excluding hydrogens is 683 g/mol. The molecule has 0 N–H and O–H groups in total. The molecular formula is C52H33N3O. The van der Waals surface area contributed by atoms with Crippen LogP contribution in [0.15, 0.2) is 205 Å². The van der Waals surface area contributed by atoms with E-state index in [2.05, 4.69) is 199 Å². The average Bonchev–Trinajstić information content (AvgIpc) is 3.82. The van der Waals surface area contributed by atoms with Gasteiger partial charge in [-0.2, -0.15) is 0 Å². The number of furan rings is 1. The Morgan fingerprint density at radius 1 is 0.357 bits per heavy atom. The fraction of sp³-hybridized carbons (Fsp3) is 0. The van der Waals surface area contributed by atoms with Crippen LogP contribution in [0.1, 0.15) is 0 Å². The summed E-state index contributed by atoms with van der Waals surface area (Å²) in [7, 11) is 0. The molecule has 8 aromatic carbocycles. The van der Waals surface area contributed by atoms with Crippen LogP contribution in [0.25, 0.3) is 105 Å². The van der Waals surface area contributed by atoms with Gasteiger partial charge in [0, 0.05) is 33.2 Å². The first-order valence-electron chi connectivity index (χ1n) is 18.9. The second kappa shape index (κ2) is 13.1. The summed E-state index contributed by atoms with van der Waals surface area (Å²) in [5.74, 6) is 0.804. The Kier molecular flexibility index (Phi) is 7.46. The number of hydrogen-bond acceptors (Lipinski definition) is 3. The van der Waals surface area contributed by atoms with Gasteiger partial charge in [-0.05, 0) is 93.0 Å². The van der Waals surface area contributed by atoms with E-state index in [-0.39, 0.29) is 0 Å². The van der Waals surface area contributed by atoms with E-state index in [1.807, 2.05) is 0 Å². The second-order valence-corrected chi connectivity index (χ2v) is 14.2. The van der Waals surface area contributed by atoms with E-state index in [9.17, 15) is 0 Å². The smallest absolute Gasteiger partial charge is 0.144 e. The summed E-state index contributed by atoms with van der Waals surface area (Å²) in [6.07, 6.45) is 1.66. The number of para-hydroxylation sites is 2. The highest BCUT2D eigenvalue weighted by atomic mass is 16.3. The van der Waals surface area contributed by atoms with Gasteiger partial charge in [0.1, 0.15) is 23.3 Å².